The molecule has 1 saturated heterocycles. The number of nitrogens with zero attached hydrogens (tertiary/aromatic N) is 1. The highest BCUT2D eigenvalue weighted by atomic mass is 16.5. The molecule has 1 aliphatic heterocycles. The third kappa shape index (κ3) is 5.80. The lowest BCUT2D eigenvalue weighted by Crippen LogP contribution is -2.58. The van der Waals surface area contributed by atoms with Gasteiger partial charge in [0, 0.05) is 25.9 Å². The van der Waals surface area contributed by atoms with E-state index in [1.807, 2.05) is 0 Å². The molecule has 23 heavy (non-hydrogen) atoms. The first kappa shape index (κ1) is 19.4. The van der Waals surface area contributed by atoms with Gasteiger partial charge in [0.1, 0.15) is 6.04 Å². The summed E-state index contributed by atoms with van der Waals surface area (Å²) in [4.78, 5) is 36.2. The number of nitrogens with one attached hydrogen (secondary N) is 3. The molecule has 1 aliphatic rings. The average Bonchev–Trinajstić information content (AvgIpc) is 2.59. The molecule has 0 aliphatic carbocycles. The Morgan fingerprint density at radius 3 is 2.70 bits per heavy atom. The maximum atomic E-state index is 12.5. The Morgan fingerprint density at radius 2 is 2.09 bits per heavy atom. The molecule has 3 amide bonds. The van der Waals surface area contributed by atoms with Gasteiger partial charge in [0.25, 0.3) is 0 Å². The quantitative estimate of drug-likeness (QED) is 0.291. The Hall–Kier alpha value is -1.67. The molecule has 0 bridgehead atoms. The summed E-state index contributed by atoms with van der Waals surface area (Å²) in [6.07, 6.45) is 4.68. The van der Waals surface area contributed by atoms with E-state index in [2.05, 4.69) is 17.7 Å². The first-order valence-electron chi connectivity index (χ1n) is 8.26. The SMILES string of the molecule is CCCCC[C@@H](CC(=O)N1NCCC[C@H]1C(=O)NC)C(=O)NO. The second-order valence-corrected chi connectivity index (χ2v) is 5.82. The average molecular weight is 328 g/mol. The van der Waals surface area contributed by atoms with Gasteiger partial charge < -0.3 is 5.32 Å². The molecule has 0 aromatic heterocycles. The van der Waals surface area contributed by atoms with Crippen LogP contribution in [-0.2, 0) is 14.4 Å². The zero-order valence-electron chi connectivity index (χ0n) is 13.9. The minimum absolute atomic E-state index is 0.0311. The molecule has 1 rings (SSSR count). The number of likely N-dealkylation sites (N-methyl/N-ethyl adjacent to an activating group) is 1. The molecular formula is C15H28N4O4. The van der Waals surface area contributed by atoms with Gasteiger partial charge in [0.15, 0.2) is 0 Å². The van der Waals surface area contributed by atoms with Crippen molar-refractivity contribution in [1.82, 2.24) is 21.2 Å². The number of amides is 3. The largest absolute Gasteiger partial charge is 0.357 e. The van der Waals surface area contributed by atoms with Gasteiger partial charge in [0.05, 0.1) is 0 Å². The van der Waals surface area contributed by atoms with Gasteiger partial charge in [-0.25, -0.2) is 10.9 Å². The van der Waals surface area contributed by atoms with Crippen molar-refractivity contribution in [2.24, 2.45) is 5.92 Å². The zero-order valence-corrected chi connectivity index (χ0v) is 13.9. The van der Waals surface area contributed by atoms with Gasteiger partial charge >= 0.3 is 0 Å². The third-order valence-electron chi connectivity index (χ3n) is 4.12. The number of hydroxylamine groups is 1. The monoisotopic (exact) mass is 328 g/mol. The van der Waals surface area contributed by atoms with Crippen LogP contribution in [0, 0.1) is 5.92 Å². The Balaban J connectivity index is 2.70. The van der Waals surface area contributed by atoms with Crippen LogP contribution in [0.3, 0.4) is 0 Å². The maximum absolute atomic E-state index is 12.5. The highest BCUT2D eigenvalue weighted by Crippen LogP contribution is 2.18. The molecule has 0 aromatic rings. The van der Waals surface area contributed by atoms with Crippen molar-refractivity contribution in [3.8, 4) is 0 Å². The normalized spacial score (nSPS) is 19.1. The fourth-order valence-corrected chi connectivity index (χ4v) is 2.78. The lowest BCUT2D eigenvalue weighted by atomic mass is 9.96. The molecule has 8 nitrogen and oxygen atoms in total. The molecule has 1 heterocycles. The molecule has 0 unspecified atom stereocenters. The summed E-state index contributed by atoms with van der Waals surface area (Å²) in [6, 6.07) is -0.560. The lowest BCUT2D eigenvalue weighted by molar-refractivity contribution is -0.149. The van der Waals surface area contributed by atoms with Crippen LogP contribution < -0.4 is 16.2 Å². The van der Waals surface area contributed by atoms with Crippen LogP contribution in [0.25, 0.3) is 0 Å². The Kier molecular flexibility index (Phi) is 8.57. The number of carbonyl (C=O) groups is 3. The molecular weight excluding hydrogens is 300 g/mol. The molecule has 4 N–H and O–H groups in total. The highest BCUT2D eigenvalue weighted by Gasteiger charge is 2.33. The molecule has 132 valence electrons. The Bertz CT molecular complexity index is 416. The summed E-state index contributed by atoms with van der Waals surface area (Å²) in [5.41, 5.74) is 4.58. The van der Waals surface area contributed by atoms with Gasteiger partial charge in [-0.2, -0.15) is 0 Å². The first-order valence-corrected chi connectivity index (χ1v) is 8.26. The van der Waals surface area contributed by atoms with Crippen molar-refractivity contribution in [3.05, 3.63) is 0 Å². The van der Waals surface area contributed by atoms with Crippen LogP contribution in [0.15, 0.2) is 0 Å². The third-order valence-corrected chi connectivity index (χ3v) is 4.12. The Labute approximate surface area is 136 Å². The van der Waals surface area contributed by atoms with Gasteiger partial charge in [-0.05, 0) is 19.3 Å². The highest BCUT2D eigenvalue weighted by molar-refractivity contribution is 5.89. The van der Waals surface area contributed by atoms with Gasteiger partial charge in [-0.15, -0.1) is 0 Å². The lowest BCUT2D eigenvalue weighted by Gasteiger charge is -2.35. The van der Waals surface area contributed by atoms with Crippen molar-refractivity contribution >= 4 is 17.7 Å². The van der Waals surface area contributed by atoms with E-state index in [4.69, 9.17) is 5.21 Å². The van der Waals surface area contributed by atoms with Crippen molar-refractivity contribution in [2.45, 2.75) is 57.9 Å². The van der Waals surface area contributed by atoms with Gasteiger partial charge in [-0.1, -0.05) is 26.2 Å². The predicted molar refractivity (Wildman–Crippen MR) is 84.1 cm³/mol. The van der Waals surface area contributed by atoms with Crippen molar-refractivity contribution in [1.29, 1.82) is 0 Å². The predicted octanol–water partition coefficient (Wildman–Crippen LogP) is 0.320. The summed E-state index contributed by atoms with van der Waals surface area (Å²) in [7, 11) is 1.53. The molecule has 0 aromatic carbocycles. The summed E-state index contributed by atoms with van der Waals surface area (Å²) in [5, 5.41) is 12.7. The van der Waals surface area contributed by atoms with Gasteiger partial charge in [0.2, 0.25) is 17.7 Å². The van der Waals surface area contributed by atoms with Crippen molar-refractivity contribution in [2.75, 3.05) is 13.6 Å². The number of unbranched alkanes of at least 4 members (excludes halogenated alkanes) is 2. The molecule has 2 atom stereocenters. The number of rotatable bonds is 8. The van der Waals surface area contributed by atoms with Crippen LogP contribution in [-0.4, -0.2) is 47.6 Å². The summed E-state index contributed by atoms with van der Waals surface area (Å²) in [5.74, 6) is -1.67. The number of hydrogen-bond acceptors (Lipinski definition) is 5. The summed E-state index contributed by atoms with van der Waals surface area (Å²) >= 11 is 0. The van der Waals surface area contributed by atoms with E-state index in [9.17, 15) is 14.4 Å². The minimum atomic E-state index is -0.590. The van der Waals surface area contributed by atoms with Crippen LogP contribution in [0.5, 0.6) is 0 Å². The first-order chi connectivity index (χ1) is 11.0. The topological polar surface area (TPSA) is 111 Å². The zero-order chi connectivity index (χ0) is 17.2. The van der Waals surface area contributed by atoms with Crippen LogP contribution >= 0.6 is 0 Å². The fourth-order valence-electron chi connectivity index (χ4n) is 2.78. The van der Waals surface area contributed by atoms with E-state index < -0.39 is 17.9 Å². The van der Waals surface area contributed by atoms with E-state index in [0.29, 0.717) is 19.4 Å². The fraction of sp³-hybridized carbons (Fsp3) is 0.800. The smallest absolute Gasteiger partial charge is 0.246 e. The van der Waals surface area contributed by atoms with Crippen LogP contribution in [0.2, 0.25) is 0 Å². The van der Waals surface area contributed by atoms with E-state index in [1.165, 1.54) is 12.1 Å². The second kappa shape index (κ2) is 10.2. The summed E-state index contributed by atoms with van der Waals surface area (Å²) in [6.45, 7) is 2.67. The van der Waals surface area contributed by atoms with Crippen LogP contribution in [0.4, 0.5) is 0 Å². The Morgan fingerprint density at radius 1 is 1.35 bits per heavy atom. The van der Waals surface area contributed by atoms with E-state index >= 15 is 0 Å². The molecule has 0 spiro atoms. The maximum Gasteiger partial charge on any atom is 0.246 e. The second-order valence-electron chi connectivity index (χ2n) is 5.82. The standard InChI is InChI=1S/C15H28N4O4/c1-3-4-5-7-11(14(21)18-23)10-13(20)19-12(15(22)16-2)8-6-9-17-19/h11-12,17,23H,3-10H2,1-2H3,(H,16,22)(H,18,21)/t11-,12-/m0/s1. The number of hydrazine groups is 1. The van der Waals surface area contributed by atoms with Crippen molar-refractivity contribution in [3.63, 3.8) is 0 Å². The molecule has 1 fully saturated rings. The van der Waals surface area contributed by atoms with Crippen LogP contribution in [0.1, 0.15) is 51.9 Å². The van der Waals surface area contributed by atoms with E-state index in [0.717, 1.165) is 25.7 Å². The van der Waals surface area contributed by atoms with E-state index in [-0.39, 0.29) is 18.2 Å². The molecule has 0 saturated carbocycles. The van der Waals surface area contributed by atoms with Crippen molar-refractivity contribution < 1.29 is 19.6 Å². The summed E-state index contributed by atoms with van der Waals surface area (Å²) < 4.78 is 0. The number of carbonyl (C=O) groups excluding carboxylic acids is 3. The van der Waals surface area contributed by atoms with Gasteiger partial charge in [-0.3, -0.25) is 24.6 Å². The number of hydrogen-bond donors (Lipinski definition) is 4. The molecule has 8 heteroatoms. The minimum Gasteiger partial charge on any atom is -0.357 e. The van der Waals surface area contributed by atoms with E-state index in [1.54, 1.807) is 5.48 Å². The molecule has 0 radical (unpaired) electrons.